The molecular formula is C16H18BrNO2. The van der Waals surface area contributed by atoms with Gasteiger partial charge in [0.15, 0.2) is 0 Å². The molecule has 0 amide bonds. The first-order chi connectivity index (χ1) is 9.65. The maximum Gasteiger partial charge on any atom is 0.122 e. The first-order valence-electron chi connectivity index (χ1n) is 6.43. The Labute approximate surface area is 128 Å². The van der Waals surface area contributed by atoms with Gasteiger partial charge in [0.25, 0.3) is 0 Å². The largest absolute Gasteiger partial charge is 0.497 e. The lowest BCUT2D eigenvalue weighted by Gasteiger charge is -2.19. The highest BCUT2D eigenvalue weighted by atomic mass is 79.9. The molecule has 1 heterocycles. The lowest BCUT2D eigenvalue weighted by molar-refractivity contribution is 0.393. The van der Waals surface area contributed by atoms with Crippen molar-refractivity contribution in [1.82, 2.24) is 4.98 Å². The molecule has 0 fully saturated rings. The zero-order valence-corrected chi connectivity index (χ0v) is 13.4. The molecule has 20 heavy (non-hydrogen) atoms. The van der Waals surface area contributed by atoms with Crippen LogP contribution in [0.5, 0.6) is 11.5 Å². The Balaban J connectivity index is 2.30. The average molecular weight is 336 g/mol. The third-order valence-electron chi connectivity index (χ3n) is 3.29. The van der Waals surface area contributed by atoms with Crippen molar-refractivity contribution in [1.29, 1.82) is 0 Å². The van der Waals surface area contributed by atoms with E-state index in [0.717, 1.165) is 22.8 Å². The molecule has 4 heteroatoms. The van der Waals surface area contributed by atoms with Gasteiger partial charge in [-0.1, -0.05) is 28.9 Å². The number of ether oxygens (including phenoxy) is 2. The Hall–Kier alpha value is -1.55. The average Bonchev–Trinajstić information content (AvgIpc) is 2.53. The van der Waals surface area contributed by atoms with Crippen molar-refractivity contribution in [3.8, 4) is 11.5 Å². The molecule has 0 radical (unpaired) electrons. The fraction of sp³-hybridized carbons (Fsp3) is 0.312. The smallest absolute Gasteiger partial charge is 0.122 e. The molecule has 1 aromatic heterocycles. The summed E-state index contributed by atoms with van der Waals surface area (Å²) in [6, 6.07) is 11.9. The summed E-state index contributed by atoms with van der Waals surface area (Å²) in [6.07, 6.45) is 1.82. The number of nitrogens with zero attached hydrogens (tertiary/aromatic N) is 1. The van der Waals surface area contributed by atoms with Crippen LogP contribution < -0.4 is 9.47 Å². The number of alkyl halides is 1. The minimum absolute atomic E-state index is 0.140. The third kappa shape index (κ3) is 3.31. The van der Waals surface area contributed by atoms with E-state index in [9.17, 15) is 0 Å². The molecule has 2 rings (SSSR count). The monoisotopic (exact) mass is 335 g/mol. The summed E-state index contributed by atoms with van der Waals surface area (Å²) in [6.45, 7) is 2.15. The molecule has 0 aliphatic heterocycles. The quantitative estimate of drug-likeness (QED) is 0.761. The fourth-order valence-electron chi connectivity index (χ4n) is 2.07. The van der Waals surface area contributed by atoms with Crippen LogP contribution in [0.3, 0.4) is 0 Å². The summed E-state index contributed by atoms with van der Waals surface area (Å²) in [5.41, 5.74) is 2.16. The van der Waals surface area contributed by atoms with E-state index in [1.807, 2.05) is 42.6 Å². The first kappa shape index (κ1) is 14.9. The Bertz CT molecular complexity index is 537. The molecule has 2 unspecified atom stereocenters. The maximum absolute atomic E-state index is 5.32. The number of halogens is 1. The van der Waals surface area contributed by atoms with Gasteiger partial charge in [-0.15, -0.1) is 0 Å². The molecule has 0 saturated heterocycles. The molecule has 0 aliphatic rings. The molecule has 0 bridgehead atoms. The van der Waals surface area contributed by atoms with Crippen LogP contribution in [0.25, 0.3) is 0 Å². The van der Waals surface area contributed by atoms with Crippen LogP contribution in [0.15, 0.2) is 42.6 Å². The minimum Gasteiger partial charge on any atom is -0.497 e. The van der Waals surface area contributed by atoms with E-state index < -0.39 is 0 Å². The number of pyridine rings is 1. The van der Waals surface area contributed by atoms with Crippen LogP contribution >= 0.6 is 15.9 Å². The number of hydrogen-bond donors (Lipinski definition) is 0. The van der Waals surface area contributed by atoms with Crippen molar-refractivity contribution in [3.63, 3.8) is 0 Å². The Morgan fingerprint density at radius 2 is 1.70 bits per heavy atom. The van der Waals surface area contributed by atoms with E-state index >= 15 is 0 Å². The van der Waals surface area contributed by atoms with Gasteiger partial charge in [0, 0.05) is 28.7 Å². The van der Waals surface area contributed by atoms with Gasteiger partial charge in [0.05, 0.1) is 14.2 Å². The van der Waals surface area contributed by atoms with Crippen molar-refractivity contribution in [2.75, 3.05) is 14.2 Å². The Morgan fingerprint density at radius 3 is 2.20 bits per heavy atom. The van der Waals surface area contributed by atoms with Crippen LogP contribution in [-0.4, -0.2) is 19.2 Å². The van der Waals surface area contributed by atoms with Crippen molar-refractivity contribution in [3.05, 3.63) is 53.9 Å². The van der Waals surface area contributed by atoms with Gasteiger partial charge in [0.1, 0.15) is 11.5 Å². The molecular weight excluding hydrogens is 318 g/mol. The second-order valence-electron chi connectivity index (χ2n) is 4.59. The predicted octanol–water partition coefficient (Wildman–Crippen LogP) is 4.34. The second-order valence-corrected chi connectivity index (χ2v) is 5.58. The highest BCUT2D eigenvalue weighted by Crippen LogP contribution is 2.39. The van der Waals surface area contributed by atoms with Gasteiger partial charge in [0.2, 0.25) is 0 Å². The minimum atomic E-state index is 0.140. The van der Waals surface area contributed by atoms with Gasteiger partial charge in [-0.3, -0.25) is 4.98 Å². The molecule has 1 aromatic carbocycles. The number of benzene rings is 1. The fourth-order valence-corrected chi connectivity index (χ4v) is 2.61. The van der Waals surface area contributed by atoms with Crippen molar-refractivity contribution in [2.24, 2.45) is 0 Å². The topological polar surface area (TPSA) is 31.4 Å². The molecule has 106 valence electrons. The summed E-state index contributed by atoms with van der Waals surface area (Å²) in [5.74, 6) is 1.82. The summed E-state index contributed by atoms with van der Waals surface area (Å²) in [5, 5.41) is 0. The highest BCUT2D eigenvalue weighted by molar-refractivity contribution is 9.09. The van der Waals surface area contributed by atoms with E-state index in [1.54, 1.807) is 14.2 Å². The van der Waals surface area contributed by atoms with Crippen molar-refractivity contribution < 1.29 is 9.47 Å². The van der Waals surface area contributed by atoms with Gasteiger partial charge < -0.3 is 9.47 Å². The van der Waals surface area contributed by atoms with Crippen LogP contribution in [0.2, 0.25) is 0 Å². The van der Waals surface area contributed by atoms with Gasteiger partial charge in [-0.2, -0.15) is 0 Å². The number of methoxy groups -OCH3 is 2. The first-order valence-corrected chi connectivity index (χ1v) is 7.35. The van der Waals surface area contributed by atoms with Gasteiger partial charge >= 0.3 is 0 Å². The van der Waals surface area contributed by atoms with Crippen LogP contribution in [0, 0.1) is 0 Å². The zero-order valence-electron chi connectivity index (χ0n) is 11.8. The van der Waals surface area contributed by atoms with Crippen LogP contribution in [-0.2, 0) is 0 Å². The highest BCUT2D eigenvalue weighted by Gasteiger charge is 2.20. The van der Waals surface area contributed by atoms with Crippen molar-refractivity contribution >= 4 is 15.9 Å². The lowest BCUT2D eigenvalue weighted by atomic mass is 9.97. The standard InChI is InChI=1S/C16H18BrNO2/c1-11(15-6-4-5-7-18-15)16(17)12-8-13(19-2)10-14(9-12)20-3/h4-11,16H,1-3H3. The molecule has 0 saturated carbocycles. The molecule has 0 spiro atoms. The SMILES string of the molecule is COc1cc(OC)cc(C(Br)C(C)c2ccccn2)c1. The van der Waals surface area contributed by atoms with Gasteiger partial charge in [-0.05, 0) is 29.8 Å². The predicted molar refractivity (Wildman–Crippen MR) is 83.9 cm³/mol. The molecule has 0 aliphatic carbocycles. The summed E-state index contributed by atoms with van der Waals surface area (Å²) in [7, 11) is 3.31. The number of rotatable bonds is 5. The third-order valence-corrected chi connectivity index (χ3v) is 4.61. The van der Waals surface area contributed by atoms with Crippen LogP contribution in [0.4, 0.5) is 0 Å². The van der Waals surface area contributed by atoms with E-state index in [4.69, 9.17) is 9.47 Å². The second kappa shape index (κ2) is 6.75. The normalized spacial score (nSPS) is 13.6. The van der Waals surface area contributed by atoms with E-state index in [2.05, 4.69) is 27.8 Å². The Kier molecular flexibility index (Phi) is 5.01. The zero-order chi connectivity index (χ0) is 14.5. The Morgan fingerprint density at radius 1 is 1.05 bits per heavy atom. The lowest BCUT2D eigenvalue weighted by Crippen LogP contribution is -2.04. The van der Waals surface area contributed by atoms with Gasteiger partial charge in [-0.25, -0.2) is 0 Å². The molecule has 0 N–H and O–H groups in total. The maximum atomic E-state index is 5.32. The number of aromatic nitrogens is 1. The summed E-state index contributed by atoms with van der Waals surface area (Å²) in [4.78, 5) is 4.56. The molecule has 3 nitrogen and oxygen atoms in total. The van der Waals surface area contributed by atoms with Crippen molar-refractivity contribution in [2.45, 2.75) is 17.7 Å². The molecule has 2 aromatic rings. The summed E-state index contributed by atoms with van der Waals surface area (Å²) >= 11 is 3.76. The van der Waals surface area contributed by atoms with Crippen LogP contribution in [0.1, 0.15) is 28.9 Å². The van der Waals surface area contributed by atoms with E-state index in [0.29, 0.717) is 0 Å². The van der Waals surface area contributed by atoms with E-state index in [1.165, 1.54) is 0 Å². The molecule has 2 atom stereocenters. The van der Waals surface area contributed by atoms with E-state index in [-0.39, 0.29) is 10.7 Å². The summed E-state index contributed by atoms with van der Waals surface area (Å²) < 4.78 is 10.6. The number of hydrogen-bond acceptors (Lipinski definition) is 3.